The summed E-state index contributed by atoms with van der Waals surface area (Å²) in [6, 6.07) is 8.43. The Morgan fingerprint density at radius 2 is 2.10 bits per heavy atom. The van der Waals surface area contributed by atoms with Gasteiger partial charge < -0.3 is 5.32 Å². The van der Waals surface area contributed by atoms with Crippen molar-refractivity contribution in [2.24, 2.45) is 5.41 Å². The lowest BCUT2D eigenvalue weighted by Crippen LogP contribution is -2.47. The summed E-state index contributed by atoms with van der Waals surface area (Å²) in [6.07, 6.45) is 2.99. The summed E-state index contributed by atoms with van der Waals surface area (Å²) >= 11 is 0. The molecule has 21 heavy (non-hydrogen) atoms. The zero-order chi connectivity index (χ0) is 14.9. The minimum Gasteiger partial charge on any atom is -0.316 e. The van der Waals surface area contributed by atoms with Crippen molar-refractivity contribution < 1.29 is 8.42 Å². The summed E-state index contributed by atoms with van der Waals surface area (Å²) in [6.45, 7) is 2.95. The van der Waals surface area contributed by atoms with Gasteiger partial charge in [0.2, 0.25) is 10.0 Å². The van der Waals surface area contributed by atoms with E-state index < -0.39 is 10.0 Å². The Kier molecular flexibility index (Phi) is 3.74. The summed E-state index contributed by atoms with van der Waals surface area (Å²) in [5, 5.41) is 12.5. The first kappa shape index (κ1) is 14.5. The van der Waals surface area contributed by atoms with Crippen LogP contribution in [-0.2, 0) is 10.0 Å². The fourth-order valence-corrected chi connectivity index (χ4v) is 5.17. The Hall–Kier alpha value is -1.42. The molecule has 0 saturated carbocycles. The SMILES string of the molecule is N#Cc1ccccc1S(=O)(=O)N1CCC[C@@]2(CCNC2)C1. The van der Waals surface area contributed by atoms with Gasteiger partial charge in [-0.25, -0.2) is 8.42 Å². The van der Waals surface area contributed by atoms with Crippen LogP contribution in [0.15, 0.2) is 29.2 Å². The molecule has 0 aromatic heterocycles. The molecule has 1 aromatic carbocycles. The minimum atomic E-state index is -3.59. The van der Waals surface area contributed by atoms with E-state index in [2.05, 4.69) is 5.32 Å². The van der Waals surface area contributed by atoms with Gasteiger partial charge >= 0.3 is 0 Å². The molecule has 2 aliphatic rings. The van der Waals surface area contributed by atoms with E-state index in [1.807, 2.05) is 6.07 Å². The van der Waals surface area contributed by atoms with Crippen molar-refractivity contribution in [3.05, 3.63) is 29.8 Å². The van der Waals surface area contributed by atoms with Crippen molar-refractivity contribution in [2.45, 2.75) is 24.2 Å². The van der Waals surface area contributed by atoms with Crippen LogP contribution in [0.3, 0.4) is 0 Å². The van der Waals surface area contributed by atoms with E-state index in [4.69, 9.17) is 5.26 Å². The molecule has 5 nitrogen and oxygen atoms in total. The molecule has 0 bridgehead atoms. The molecule has 0 unspecified atom stereocenters. The molecule has 2 saturated heterocycles. The highest BCUT2D eigenvalue weighted by molar-refractivity contribution is 7.89. The minimum absolute atomic E-state index is 0.0763. The third-order valence-corrected chi connectivity index (χ3v) is 6.49. The molecular weight excluding hydrogens is 286 g/mol. The Labute approximate surface area is 125 Å². The largest absolute Gasteiger partial charge is 0.316 e. The van der Waals surface area contributed by atoms with Gasteiger partial charge in [-0.2, -0.15) is 9.57 Å². The number of piperidine rings is 1. The standard InChI is InChI=1S/C15H19N3O2S/c16-10-13-4-1-2-5-14(13)21(19,20)18-9-3-6-15(12-18)7-8-17-11-15/h1-2,4-5,17H,3,6-9,11-12H2/t15-/m0/s1. The molecule has 1 aromatic rings. The predicted molar refractivity (Wildman–Crippen MR) is 79.1 cm³/mol. The van der Waals surface area contributed by atoms with E-state index in [1.165, 1.54) is 6.07 Å². The van der Waals surface area contributed by atoms with Crippen LogP contribution in [0.5, 0.6) is 0 Å². The van der Waals surface area contributed by atoms with Crippen LogP contribution in [0.4, 0.5) is 0 Å². The maximum Gasteiger partial charge on any atom is 0.244 e. The number of rotatable bonds is 2. The van der Waals surface area contributed by atoms with Crippen molar-refractivity contribution in [3.8, 4) is 6.07 Å². The zero-order valence-corrected chi connectivity index (χ0v) is 12.7. The highest BCUT2D eigenvalue weighted by Gasteiger charge is 2.42. The molecule has 1 N–H and O–H groups in total. The summed E-state index contributed by atoms with van der Waals surface area (Å²) < 4.78 is 27.3. The number of hydrogen-bond acceptors (Lipinski definition) is 4. The summed E-state index contributed by atoms with van der Waals surface area (Å²) in [5.74, 6) is 0. The van der Waals surface area contributed by atoms with Gasteiger partial charge in [-0.3, -0.25) is 0 Å². The molecule has 2 fully saturated rings. The van der Waals surface area contributed by atoms with E-state index in [-0.39, 0.29) is 15.9 Å². The van der Waals surface area contributed by atoms with Gasteiger partial charge in [0, 0.05) is 19.6 Å². The Morgan fingerprint density at radius 1 is 1.29 bits per heavy atom. The van der Waals surface area contributed by atoms with Crippen molar-refractivity contribution in [2.75, 3.05) is 26.2 Å². The Morgan fingerprint density at radius 3 is 2.81 bits per heavy atom. The highest BCUT2D eigenvalue weighted by Crippen LogP contribution is 2.37. The average Bonchev–Trinajstić information content (AvgIpc) is 2.95. The number of benzene rings is 1. The van der Waals surface area contributed by atoms with Gasteiger partial charge in [0.25, 0.3) is 0 Å². The molecule has 2 aliphatic heterocycles. The quantitative estimate of drug-likeness (QED) is 0.894. The van der Waals surface area contributed by atoms with E-state index >= 15 is 0 Å². The van der Waals surface area contributed by atoms with Crippen molar-refractivity contribution >= 4 is 10.0 Å². The molecule has 6 heteroatoms. The second kappa shape index (κ2) is 5.41. The van der Waals surface area contributed by atoms with E-state index in [0.29, 0.717) is 13.1 Å². The molecule has 1 atom stereocenters. The maximum atomic E-state index is 12.9. The van der Waals surface area contributed by atoms with Crippen molar-refractivity contribution in [1.82, 2.24) is 9.62 Å². The topological polar surface area (TPSA) is 73.2 Å². The van der Waals surface area contributed by atoms with E-state index in [1.54, 1.807) is 22.5 Å². The lowest BCUT2D eigenvalue weighted by Gasteiger charge is -2.39. The van der Waals surface area contributed by atoms with Crippen LogP contribution in [0.2, 0.25) is 0 Å². The lowest BCUT2D eigenvalue weighted by molar-refractivity contribution is 0.166. The molecule has 0 amide bonds. The monoisotopic (exact) mass is 305 g/mol. The fourth-order valence-electron chi connectivity index (χ4n) is 3.43. The Balaban J connectivity index is 1.93. The van der Waals surface area contributed by atoms with Crippen molar-refractivity contribution in [1.29, 1.82) is 5.26 Å². The van der Waals surface area contributed by atoms with Gasteiger partial charge in [-0.15, -0.1) is 0 Å². The van der Waals surface area contributed by atoms with Crippen LogP contribution in [0.25, 0.3) is 0 Å². The van der Waals surface area contributed by atoms with E-state index in [9.17, 15) is 8.42 Å². The van der Waals surface area contributed by atoms with Crippen molar-refractivity contribution in [3.63, 3.8) is 0 Å². The van der Waals surface area contributed by atoms with Crippen LogP contribution in [0, 0.1) is 16.7 Å². The van der Waals surface area contributed by atoms with Gasteiger partial charge in [0.1, 0.15) is 6.07 Å². The zero-order valence-electron chi connectivity index (χ0n) is 11.9. The first-order valence-electron chi connectivity index (χ1n) is 7.27. The van der Waals surface area contributed by atoms with Gasteiger partial charge in [0.05, 0.1) is 10.5 Å². The fraction of sp³-hybridized carbons (Fsp3) is 0.533. The number of nitriles is 1. The number of nitrogens with one attached hydrogen (secondary N) is 1. The molecule has 3 rings (SSSR count). The molecule has 0 radical (unpaired) electrons. The summed E-state index contributed by atoms with van der Waals surface area (Å²) in [5.41, 5.74) is 0.300. The smallest absolute Gasteiger partial charge is 0.244 e. The summed E-state index contributed by atoms with van der Waals surface area (Å²) in [4.78, 5) is 0.135. The second-order valence-corrected chi connectivity index (χ2v) is 7.88. The first-order chi connectivity index (χ1) is 10.1. The summed E-state index contributed by atoms with van der Waals surface area (Å²) in [7, 11) is -3.59. The number of nitrogens with zero attached hydrogens (tertiary/aromatic N) is 2. The Bertz CT molecular complexity index is 672. The van der Waals surface area contributed by atoms with Gasteiger partial charge in [-0.05, 0) is 43.4 Å². The van der Waals surface area contributed by atoms with Crippen LogP contribution >= 0.6 is 0 Å². The second-order valence-electron chi connectivity index (χ2n) is 5.98. The van der Waals surface area contributed by atoms with Crippen LogP contribution < -0.4 is 5.32 Å². The molecule has 112 valence electrons. The first-order valence-corrected chi connectivity index (χ1v) is 8.71. The van der Waals surface area contributed by atoms with Gasteiger partial charge in [-0.1, -0.05) is 12.1 Å². The lowest BCUT2D eigenvalue weighted by atomic mass is 9.80. The third kappa shape index (κ3) is 2.57. The van der Waals surface area contributed by atoms with Crippen LogP contribution in [-0.4, -0.2) is 38.9 Å². The van der Waals surface area contributed by atoms with E-state index in [0.717, 1.165) is 32.4 Å². The molecule has 2 heterocycles. The molecular formula is C15H19N3O2S. The van der Waals surface area contributed by atoms with Gasteiger partial charge in [0.15, 0.2) is 0 Å². The molecule has 1 spiro atoms. The molecule has 0 aliphatic carbocycles. The number of hydrogen-bond donors (Lipinski definition) is 1. The average molecular weight is 305 g/mol. The highest BCUT2D eigenvalue weighted by atomic mass is 32.2. The van der Waals surface area contributed by atoms with Crippen LogP contribution in [0.1, 0.15) is 24.8 Å². The number of sulfonamides is 1. The third-order valence-electron chi connectivity index (χ3n) is 4.58. The normalized spacial score (nSPS) is 26.8. The maximum absolute atomic E-state index is 12.9. The predicted octanol–water partition coefficient (Wildman–Crippen LogP) is 1.32.